The van der Waals surface area contributed by atoms with E-state index < -0.39 is 10.1 Å². The summed E-state index contributed by atoms with van der Waals surface area (Å²) in [5, 5.41) is 0. The van der Waals surface area contributed by atoms with Gasteiger partial charge in [-0.05, 0) is 32.1 Å². The summed E-state index contributed by atoms with van der Waals surface area (Å²) in [5.74, 6) is -0.250. The molecule has 0 aromatic heterocycles. The van der Waals surface area contributed by atoms with E-state index in [0.29, 0.717) is 26.2 Å². The fourth-order valence-corrected chi connectivity index (χ4v) is 3.77. The van der Waals surface area contributed by atoms with Gasteiger partial charge in [0.2, 0.25) is 0 Å². The molecule has 0 N–H and O–H groups in total. The molecule has 0 aliphatic heterocycles. The lowest BCUT2D eigenvalue weighted by molar-refractivity contribution is -0.929. The Morgan fingerprint density at radius 1 is 0.667 bits per heavy atom. The number of rotatable bonds is 20. The molecule has 0 aromatic rings. The molecule has 0 spiro atoms. The molecule has 0 unspecified atom stereocenters. The summed E-state index contributed by atoms with van der Waals surface area (Å²) >= 11 is 0. The molecule has 0 fully saturated rings. The van der Waals surface area contributed by atoms with Crippen LogP contribution in [0.3, 0.4) is 0 Å². The summed E-state index contributed by atoms with van der Waals surface area (Å²) in [6.07, 6.45) is 8.06. The van der Waals surface area contributed by atoms with Gasteiger partial charge in [0, 0.05) is 12.4 Å². The van der Waals surface area contributed by atoms with Crippen molar-refractivity contribution in [2.75, 3.05) is 58.4 Å². The first-order valence-electron chi connectivity index (χ1n) is 10.8. The second-order valence-corrected chi connectivity index (χ2v) is 9.01. The molecule has 27 heavy (non-hydrogen) atoms. The Morgan fingerprint density at radius 3 is 1.70 bits per heavy atom. The lowest BCUT2D eigenvalue weighted by Gasteiger charge is -2.39. The first-order valence-corrected chi connectivity index (χ1v) is 12.4. The van der Waals surface area contributed by atoms with Crippen molar-refractivity contribution >= 4 is 10.1 Å². The highest BCUT2D eigenvalue weighted by molar-refractivity contribution is 7.85. The van der Waals surface area contributed by atoms with E-state index in [-0.39, 0.29) is 5.75 Å². The average Bonchev–Trinajstić information content (AvgIpc) is 2.63. The minimum Gasteiger partial charge on any atom is -0.748 e. The van der Waals surface area contributed by atoms with Gasteiger partial charge in [-0.1, -0.05) is 40.0 Å². The number of nitrogens with zero attached hydrogens (tertiary/aromatic N) is 1. The number of unbranched alkanes of at least 4 members (excludes halogenated alkanes) is 4. The molecule has 6 nitrogen and oxygen atoms in total. The van der Waals surface area contributed by atoms with Gasteiger partial charge < -0.3 is 18.5 Å². The largest absolute Gasteiger partial charge is 0.748 e. The van der Waals surface area contributed by atoms with Crippen LogP contribution in [-0.4, -0.2) is 75.8 Å². The Bertz CT molecular complexity index is 420. The minimum atomic E-state index is -4.11. The van der Waals surface area contributed by atoms with Crippen LogP contribution in [-0.2, 0) is 19.6 Å². The van der Waals surface area contributed by atoms with Gasteiger partial charge in [0.15, 0.2) is 0 Å². The first kappa shape index (κ1) is 26.8. The molecule has 0 atom stereocenters. The van der Waals surface area contributed by atoms with Crippen LogP contribution in [0.4, 0.5) is 0 Å². The van der Waals surface area contributed by atoms with Crippen LogP contribution in [0, 0.1) is 0 Å². The van der Waals surface area contributed by atoms with Gasteiger partial charge in [-0.3, -0.25) is 0 Å². The van der Waals surface area contributed by atoms with Gasteiger partial charge in [0.1, 0.15) is 6.54 Å². The van der Waals surface area contributed by atoms with Crippen molar-refractivity contribution in [1.82, 2.24) is 0 Å². The molecule has 0 radical (unpaired) electrons. The zero-order chi connectivity index (χ0) is 20.4. The summed E-state index contributed by atoms with van der Waals surface area (Å²) in [7, 11) is -4.11. The van der Waals surface area contributed by atoms with Crippen LogP contribution >= 0.6 is 0 Å². The summed E-state index contributed by atoms with van der Waals surface area (Å²) in [6, 6.07) is 0. The Hall–Kier alpha value is -0.210. The maximum Gasteiger partial charge on any atom is 0.102 e. The van der Waals surface area contributed by atoms with Crippen molar-refractivity contribution in [3.8, 4) is 0 Å². The van der Waals surface area contributed by atoms with Crippen molar-refractivity contribution in [3.63, 3.8) is 0 Å². The van der Waals surface area contributed by atoms with Gasteiger partial charge >= 0.3 is 0 Å². The molecular formula is C20H43NO5S. The van der Waals surface area contributed by atoms with Gasteiger partial charge in [-0.2, -0.15) is 0 Å². The topological polar surface area (TPSA) is 75.7 Å². The molecule has 0 aliphatic carbocycles. The maximum absolute atomic E-state index is 10.8. The molecule has 7 heteroatoms. The minimum absolute atomic E-state index is 0.250. The summed E-state index contributed by atoms with van der Waals surface area (Å²) in [5.41, 5.74) is 0. The highest BCUT2D eigenvalue weighted by atomic mass is 32.2. The van der Waals surface area contributed by atoms with E-state index in [9.17, 15) is 13.0 Å². The van der Waals surface area contributed by atoms with Crippen molar-refractivity contribution in [2.24, 2.45) is 0 Å². The SMILES string of the molecule is CCCCOCCOCC[N+](CCCC)(CCCC)CCCCS(=O)(=O)[O-]. The third-order valence-electron chi connectivity index (χ3n) is 4.97. The molecule has 0 rings (SSSR count). The maximum atomic E-state index is 10.8. The Labute approximate surface area is 167 Å². The normalized spacial score (nSPS) is 12.6. The average molecular weight is 410 g/mol. The number of ether oxygens (including phenoxy) is 2. The molecule has 0 bridgehead atoms. The van der Waals surface area contributed by atoms with Crippen LogP contribution in [0.1, 0.15) is 72.1 Å². The molecule has 0 aromatic carbocycles. The van der Waals surface area contributed by atoms with Crippen LogP contribution in [0.2, 0.25) is 0 Å². The van der Waals surface area contributed by atoms with Crippen molar-refractivity contribution in [3.05, 3.63) is 0 Å². The number of quaternary nitrogens is 1. The predicted molar refractivity (Wildman–Crippen MR) is 110 cm³/mol. The van der Waals surface area contributed by atoms with Crippen molar-refractivity contribution in [2.45, 2.75) is 72.1 Å². The third kappa shape index (κ3) is 16.4. The van der Waals surface area contributed by atoms with Crippen molar-refractivity contribution < 1.29 is 26.9 Å². The van der Waals surface area contributed by atoms with E-state index in [1.165, 1.54) is 0 Å². The van der Waals surface area contributed by atoms with E-state index in [1.54, 1.807) is 0 Å². The van der Waals surface area contributed by atoms with E-state index in [0.717, 1.165) is 82.2 Å². The smallest absolute Gasteiger partial charge is 0.102 e. The number of hydrogen-bond acceptors (Lipinski definition) is 5. The lowest BCUT2D eigenvalue weighted by Crippen LogP contribution is -2.52. The second-order valence-electron chi connectivity index (χ2n) is 7.49. The van der Waals surface area contributed by atoms with Gasteiger partial charge in [-0.25, -0.2) is 8.42 Å². The Balaban J connectivity index is 4.44. The summed E-state index contributed by atoms with van der Waals surface area (Å²) < 4.78 is 44.8. The van der Waals surface area contributed by atoms with E-state index in [2.05, 4.69) is 20.8 Å². The van der Waals surface area contributed by atoms with Crippen LogP contribution in [0.5, 0.6) is 0 Å². The van der Waals surface area contributed by atoms with Crippen LogP contribution < -0.4 is 0 Å². The molecule has 0 saturated heterocycles. The van der Waals surface area contributed by atoms with Crippen LogP contribution in [0.25, 0.3) is 0 Å². The highest BCUT2D eigenvalue weighted by Gasteiger charge is 2.25. The quantitative estimate of drug-likeness (QED) is 0.175. The second kappa shape index (κ2) is 16.7. The predicted octanol–water partition coefficient (Wildman–Crippen LogP) is 3.56. The first-order chi connectivity index (χ1) is 12.9. The summed E-state index contributed by atoms with van der Waals surface area (Å²) in [4.78, 5) is 0. The Morgan fingerprint density at radius 2 is 1.19 bits per heavy atom. The van der Waals surface area contributed by atoms with Gasteiger partial charge in [0.25, 0.3) is 0 Å². The fourth-order valence-electron chi connectivity index (χ4n) is 3.21. The molecule has 0 amide bonds. The van der Waals surface area contributed by atoms with E-state index in [4.69, 9.17) is 9.47 Å². The Kier molecular flexibility index (Phi) is 16.6. The van der Waals surface area contributed by atoms with Gasteiger partial charge in [0.05, 0.1) is 49.6 Å². The van der Waals surface area contributed by atoms with Crippen LogP contribution in [0.15, 0.2) is 0 Å². The molecule has 0 aliphatic rings. The van der Waals surface area contributed by atoms with Crippen molar-refractivity contribution in [1.29, 1.82) is 0 Å². The molecule has 0 saturated carbocycles. The molecule has 164 valence electrons. The van der Waals surface area contributed by atoms with E-state index in [1.807, 2.05) is 0 Å². The molecule has 0 heterocycles. The lowest BCUT2D eigenvalue weighted by atomic mass is 10.1. The van der Waals surface area contributed by atoms with E-state index >= 15 is 0 Å². The third-order valence-corrected chi connectivity index (χ3v) is 5.76. The summed E-state index contributed by atoms with van der Waals surface area (Å²) in [6.45, 7) is 13.4. The fraction of sp³-hybridized carbons (Fsp3) is 1.00. The molecular weight excluding hydrogens is 366 g/mol. The zero-order valence-corrected chi connectivity index (χ0v) is 18.7. The van der Waals surface area contributed by atoms with Gasteiger partial charge in [-0.15, -0.1) is 0 Å². The standard InChI is InChI=1S/C20H43NO5S/c1-4-7-12-21(13-8-5-2,14-10-11-20-27(22,23)24)15-17-26-19-18-25-16-9-6-3/h4-20H2,1-3H3. The highest BCUT2D eigenvalue weighted by Crippen LogP contribution is 2.15. The number of hydrogen-bond donors (Lipinski definition) is 0. The monoisotopic (exact) mass is 409 g/mol. The zero-order valence-electron chi connectivity index (χ0n) is 17.9.